The van der Waals surface area contributed by atoms with Crippen LogP contribution in [0, 0.1) is 5.82 Å². The van der Waals surface area contributed by atoms with E-state index in [0.717, 1.165) is 11.3 Å². The van der Waals surface area contributed by atoms with Crippen molar-refractivity contribution < 1.29 is 27.9 Å². The minimum Gasteiger partial charge on any atom is -0.494 e. The quantitative estimate of drug-likeness (QED) is 0.481. The van der Waals surface area contributed by atoms with Crippen LogP contribution in [0.1, 0.15) is 35.9 Å². The zero-order chi connectivity index (χ0) is 23.4. The van der Waals surface area contributed by atoms with Crippen LogP contribution in [0.5, 0.6) is 5.75 Å². The van der Waals surface area contributed by atoms with Gasteiger partial charge in [0.25, 0.3) is 11.8 Å². The van der Waals surface area contributed by atoms with Crippen LogP contribution in [0.4, 0.5) is 10.1 Å². The molecule has 2 aromatic carbocycles. The lowest BCUT2D eigenvalue weighted by atomic mass is 10.1. The number of hydrogen-bond acceptors (Lipinski definition) is 5. The average molecular weight is 450 g/mol. The summed E-state index contributed by atoms with van der Waals surface area (Å²) in [6, 6.07) is 14.1. The molecular weight excluding hydrogens is 427 g/mol. The number of carbonyl (C=O) groups excluding carboxylic acids is 3. The zero-order valence-corrected chi connectivity index (χ0v) is 18.1. The molecule has 1 fully saturated rings. The van der Waals surface area contributed by atoms with Gasteiger partial charge in [0.1, 0.15) is 23.4 Å². The second-order valence-electron chi connectivity index (χ2n) is 7.65. The third-order valence-corrected chi connectivity index (χ3v) is 5.33. The molecule has 1 aliphatic heterocycles. The standard InChI is InChI=1S/C25H23FN2O5/c1-2-13-32-20-11-9-19(10-12-20)28-23(29)15-22(25(28)31)27(16-21-4-3-14-33-21)24(30)17-5-7-18(26)8-6-17/h3-12,14,22H,2,13,15-16H2,1H3/t22-/m1/s1. The van der Waals surface area contributed by atoms with Crippen LogP contribution in [-0.4, -0.2) is 35.3 Å². The van der Waals surface area contributed by atoms with Gasteiger partial charge in [0, 0.05) is 5.56 Å². The molecule has 0 spiro atoms. The van der Waals surface area contributed by atoms with Crippen molar-refractivity contribution in [3.63, 3.8) is 0 Å². The Balaban J connectivity index is 1.60. The predicted molar refractivity (Wildman–Crippen MR) is 118 cm³/mol. The van der Waals surface area contributed by atoms with Crippen LogP contribution < -0.4 is 9.64 Å². The first-order chi connectivity index (χ1) is 16.0. The van der Waals surface area contributed by atoms with Gasteiger partial charge in [0.05, 0.1) is 31.5 Å². The number of furan rings is 1. The number of amides is 3. The highest BCUT2D eigenvalue weighted by Crippen LogP contribution is 2.29. The second kappa shape index (κ2) is 9.68. The van der Waals surface area contributed by atoms with Crippen molar-refractivity contribution in [2.45, 2.75) is 32.4 Å². The molecule has 0 unspecified atom stereocenters. The van der Waals surface area contributed by atoms with Gasteiger partial charge in [-0.2, -0.15) is 0 Å². The van der Waals surface area contributed by atoms with E-state index in [2.05, 4.69) is 0 Å². The van der Waals surface area contributed by atoms with E-state index in [1.165, 1.54) is 35.4 Å². The summed E-state index contributed by atoms with van der Waals surface area (Å²) in [6.07, 6.45) is 2.16. The van der Waals surface area contributed by atoms with Gasteiger partial charge >= 0.3 is 0 Å². The molecule has 170 valence electrons. The first-order valence-corrected chi connectivity index (χ1v) is 10.7. The van der Waals surface area contributed by atoms with Crippen LogP contribution in [0.2, 0.25) is 0 Å². The first kappa shape index (κ1) is 22.3. The summed E-state index contributed by atoms with van der Waals surface area (Å²) in [5.74, 6) is -0.798. The summed E-state index contributed by atoms with van der Waals surface area (Å²) in [7, 11) is 0. The van der Waals surface area contributed by atoms with Gasteiger partial charge in [-0.1, -0.05) is 6.92 Å². The molecule has 7 nitrogen and oxygen atoms in total. The molecule has 1 atom stereocenters. The van der Waals surface area contributed by atoms with Crippen LogP contribution in [0.3, 0.4) is 0 Å². The van der Waals surface area contributed by atoms with Crippen molar-refractivity contribution in [3.8, 4) is 5.75 Å². The lowest BCUT2D eigenvalue weighted by Crippen LogP contribution is -2.45. The van der Waals surface area contributed by atoms with Gasteiger partial charge in [-0.05, 0) is 67.1 Å². The van der Waals surface area contributed by atoms with Gasteiger partial charge in [0.2, 0.25) is 5.91 Å². The fraction of sp³-hybridized carbons (Fsp3) is 0.240. The summed E-state index contributed by atoms with van der Waals surface area (Å²) < 4.78 is 24.3. The van der Waals surface area contributed by atoms with Gasteiger partial charge in [-0.15, -0.1) is 0 Å². The summed E-state index contributed by atoms with van der Waals surface area (Å²) in [4.78, 5) is 41.8. The van der Waals surface area contributed by atoms with Crippen molar-refractivity contribution in [2.75, 3.05) is 11.5 Å². The van der Waals surface area contributed by atoms with Crippen LogP contribution in [-0.2, 0) is 16.1 Å². The van der Waals surface area contributed by atoms with Gasteiger partial charge in [0.15, 0.2) is 0 Å². The molecule has 0 bridgehead atoms. The number of carbonyl (C=O) groups is 3. The monoisotopic (exact) mass is 450 g/mol. The molecule has 33 heavy (non-hydrogen) atoms. The normalized spacial score (nSPS) is 15.7. The number of benzene rings is 2. The Labute approximate surface area is 190 Å². The number of anilines is 1. The van der Waals surface area contributed by atoms with Crippen LogP contribution >= 0.6 is 0 Å². The number of nitrogens with zero attached hydrogens (tertiary/aromatic N) is 2. The van der Waals surface area contributed by atoms with Crippen molar-refractivity contribution in [2.24, 2.45) is 0 Å². The molecule has 3 aromatic rings. The smallest absolute Gasteiger partial charge is 0.257 e. The summed E-state index contributed by atoms with van der Waals surface area (Å²) in [5.41, 5.74) is 0.614. The molecule has 0 aliphatic carbocycles. The molecule has 0 saturated carbocycles. The predicted octanol–water partition coefficient (Wildman–Crippen LogP) is 4.18. The number of rotatable bonds is 8. The van der Waals surface area contributed by atoms with Crippen molar-refractivity contribution in [1.29, 1.82) is 0 Å². The SMILES string of the molecule is CCCOc1ccc(N2C(=O)C[C@@H](N(Cc3ccco3)C(=O)c3ccc(F)cc3)C2=O)cc1. The molecule has 3 amide bonds. The Bertz CT molecular complexity index is 1130. The van der Waals surface area contributed by atoms with Gasteiger partial charge in [-0.3, -0.25) is 14.4 Å². The zero-order valence-electron chi connectivity index (χ0n) is 18.1. The summed E-state index contributed by atoms with van der Waals surface area (Å²) >= 11 is 0. The number of ether oxygens (including phenoxy) is 1. The summed E-state index contributed by atoms with van der Waals surface area (Å²) in [6.45, 7) is 2.55. The Kier molecular flexibility index (Phi) is 6.53. The first-order valence-electron chi connectivity index (χ1n) is 10.7. The van der Waals surface area contributed by atoms with Crippen molar-refractivity contribution in [3.05, 3.63) is 84.1 Å². The molecule has 1 saturated heterocycles. The van der Waals surface area contributed by atoms with Gasteiger partial charge < -0.3 is 14.1 Å². The van der Waals surface area contributed by atoms with Gasteiger partial charge in [-0.25, -0.2) is 9.29 Å². The van der Waals surface area contributed by atoms with E-state index in [4.69, 9.17) is 9.15 Å². The highest BCUT2D eigenvalue weighted by atomic mass is 19.1. The molecular formula is C25H23FN2O5. The third kappa shape index (κ3) is 4.79. The van der Waals surface area contributed by atoms with E-state index < -0.39 is 29.6 Å². The van der Waals surface area contributed by atoms with Crippen molar-refractivity contribution in [1.82, 2.24) is 4.90 Å². The molecule has 0 radical (unpaired) electrons. The molecule has 2 heterocycles. The Hall–Kier alpha value is -3.94. The molecule has 1 aliphatic rings. The lowest BCUT2D eigenvalue weighted by Gasteiger charge is -2.27. The van der Waals surface area contributed by atoms with Crippen molar-refractivity contribution >= 4 is 23.4 Å². The number of halogens is 1. The molecule has 1 aromatic heterocycles. The highest BCUT2D eigenvalue weighted by molar-refractivity contribution is 6.23. The van der Waals surface area contributed by atoms with E-state index in [1.807, 2.05) is 6.92 Å². The molecule has 0 N–H and O–H groups in total. The minimum absolute atomic E-state index is 0.00939. The number of imide groups is 1. The maximum absolute atomic E-state index is 13.4. The Morgan fingerprint density at radius 3 is 2.48 bits per heavy atom. The van der Waals surface area contributed by atoms with Crippen LogP contribution in [0.25, 0.3) is 0 Å². The van der Waals surface area contributed by atoms with E-state index in [0.29, 0.717) is 23.8 Å². The van der Waals surface area contributed by atoms with E-state index >= 15 is 0 Å². The fourth-order valence-electron chi connectivity index (χ4n) is 3.69. The molecule has 4 rings (SSSR count). The second-order valence-corrected chi connectivity index (χ2v) is 7.65. The topological polar surface area (TPSA) is 80.1 Å². The molecule has 8 heteroatoms. The lowest BCUT2D eigenvalue weighted by molar-refractivity contribution is -0.122. The highest BCUT2D eigenvalue weighted by Gasteiger charge is 2.44. The number of hydrogen-bond donors (Lipinski definition) is 0. The largest absolute Gasteiger partial charge is 0.494 e. The van der Waals surface area contributed by atoms with E-state index in [-0.39, 0.29) is 18.5 Å². The maximum atomic E-state index is 13.4. The average Bonchev–Trinajstić information content (AvgIpc) is 3.44. The Morgan fingerprint density at radius 1 is 1.12 bits per heavy atom. The third-order valence-electron chi connectivity index (χ3n) is 5.33. The van der Waals surface area contributed by atoms with E-state index in [1.54, 1.807) is 36.4 Å². The minimum atomic E-state index is -1.02. The van der Waals surface area contributed by atoms with Crippen LogP contribution in [0.15, 0.2) is 71.3 Å². The summed E-state index contributed by atoms with van der Waals surface area (Å²) in [5, 5.41) is 0. The van der Waals surface area contributed by atoms with E-state index in [9.17, 15) is 18.8 Å². The Morgan fingerprint density at radius 2 is 1.85 bits per heavy atom. The fourth-order valence-corrected chi connectivity index (χ4v) is 3.69. The maximum Gasteiger partial charge on any atom is 0.257 e.